The predicted molar refractivity (Wildman–Crippen MR) is 77.6 cm³/mol. The number of rotatable bonds is 2. The Bertz CT molecular complexity index is 842. The molecule has 0 saturated heterocycles. The summed E-state index contributed by atoms with van der Waals surface area (Å²) in [5.41, 5.74) is 0.991. The normalized spacial score (nSPS) is 10.8. The van der Waals surface area contributed by atoms with Crippen molar-refractivity contribution in [2.24, 2.45) is 0 Å². The minimum atomic E-state index is -0.516. The first-order valence-electron chi connectivity index (χ1n) is 5.93. The van der Waals surface area contributed by atoms with E-state index in [0.717, 1.165) is 0 Å². The van der Waals surface area contributed by atoms with Crippen molar-refractivity contribution in [1.82, 2.24) is 9.97 Å². The molecule has 1 heterocycles. The van der Waals surface area contributed by atoms with E-state index in [0.29, 0.717) is 22.4 Å². The first-order chi connectivity index (χ1) is 10.0. The monoisotopic (exact) mass is 305 g/mol. The van der Waals surface area contributed by atoms with E-state index in [1.807, 2.05) is 0 Å². The zero-order valence-electron chi connectivity index (χ0n) is 10.5. The lowest BCUT2D eigenvalue weighted by molar-refractivity contribution is 0.405. The number of hydrogen-bond acceptors (Lipinski definition) is 5. The van der Waals surface area contributed by atoms with E-state index < -0.39 is 5.82 Å². The molecule has 0 fully saturated rings. The van der Waals surface area contributed by atoms with Crippen LogP contribution in [-0.4, -0.2) is 20.2 Å². The van der Waals surface area contributed by atoms with Crippen molar-refractivity contribution in [3.05, 3.63) is 47.5 Å². The van der Waals surface area contributed by atoms with Crippen LogP contribution in [0.25, 0.3) is 10.9 Å². The highest BCUT2D eigenvalue weighted by Gasteiger charge is 2.09. The van der Waals surface area contributed by atoms with Crippen LogP contribution in [0.3, 0.4) is 0 Å². The lowest BCUT2D eigenvalue weighted by Crippen LogP contribution is -1.96. The van der Waals surface area contributed by atoms with Gasteiger partial charge in [0, 0.05) is 17.1 Å². The fraction of sp³-hybridized carbons (Fsp3) is 0. The summed E-state index contributed by atoms with van der Waals surface area (Å²) in [6.07, 6.45) is 1.31. The summed E-state index contributed by atoms with van der Waals surface area (Å²) in [5, 5.41) is 22.5. The van der Waals surface area contributed by atoms with Gasteiger partial charge in [-0.15, -0.1) is 0 Å². The molecular formula is C14H9ClFN3O2. The molecule has 21 heavy (non-hydrogen) atoms. The van der Waals surface area contributed by atoms with Crippen molar-refractivity contribution in [2.45, 2.75) is 0 Å². The Hall–Kier alpha value is -2.60. The summed E-state index contributed by atoms with van der Waals surface area (Å²) in [6.45, 7) is 0. The van der Waals surface area contributed by atoms with Gasteiger partial charge >= 0.3 is 0 Å². The van der Waals surface area contributed by atoms with Gasteiger partial charge in [0.25, 0.3) is 0 Å². The lowest BCUT2D eigenvalue weighted by Gasteiger charge is -2.09. The Labute approximate surface area is 123 Å². The topological polar surface area (TPSA) is 78.3 Å². The summed E-state index contributed by atoms with van der Waals surface area (Å²) in [4.78, 5) is 8.08. The Balaban J connectivity index is 2.07. The molecule has 3 N–H and O–H groups in total. The average molecular weight is 306 g/mol. The second-order valence-corrected chi connectivity index (χ2v) is 4.74. The van der Waals surface area contributed by atoms with Crippen LogP contribution in [-0.2, 0) is 0 Å². The highest BCUT2D eigenvalue weighted by molar-refractivity contribution is 6.31. The fourth-order valence-electron chi connectivity index (χ4n) is 1.89. The number of hydrogen-bond donors (Lipinski definition) is 3. The molecule has 0 amide bonds. The van der Waals surface area contributed by atoms with Crippen molar-refractivity contribution >= 4 is 34.0 Å². The first-order valence-corrected chi connectivity index (χ1v) is 6.31. The van der Waals surface area contributed by atoms with Gasteiger partial charge in [-0.3, -0.25) is 0 Å². The van der Waals surface area contributed by atoms with E-state index >= 15 is 0 Å². The van der Waals surface area contributed by atoms with E-state index in [1.165, 1.54) is 36.7 Å². The van der Waals surface area contributed by atoms with E-state index in [9.17, 15) is 14.6 Å². The van der Waals surface area contributed by atoms with E-state index in [4.69, 9.17) is 11.6 Å². The molecule has 5 nitrogen and oxygen atoms in total. The zero-order chi connectivity index (χ0) is 15.0. The molecule has 0 saturated carbocycles. The maximum absolute atomic E-state index is 13.1. The molecule has 0 bridgehead atoms. The summed E-state index contributed by atoms with van der Waals surface area (Å²) in [7, 11) is 0. The van der Waals surface area contributed by atoms with Crippen LogP contribution in [0.1, 0.15) is 0 Å². The Morgan fingerprint density at radius 1 is 1.05 bits per heavy atom. The standard InChI is InChI=1S/C14H9ClFN3O2/c15-9-3-7(1-2-10(9)16)19-14-8-4-12(20)13(21)5-11(8)17-6-18-14/h1-6,20-21H,(H,17,18,19). The quantitative estimate of drug-likeness (QED) is 0.631. The van der Waals surface area contributed by atoms with Gasteiger partial charge in [-0.25, -0.2) is 14.4 Å². The van der Waals surface area contributed by atoms with Crippen LogP contribution >= 0.6 is 11.6 Å². The van der Waals surface area contributed by atoms with Gasteiger partial charge in [-0.2, -0.15) is 0 Å². The smallest absolute Gasteiger partial charge is 0.159 e. The third-order valence-corrected chi connectivity index (χ3v) is 3.20. The van der Waals surface area contributed by atoms with Crippen molar-refractivity contribution in [3.63, 3.8) is 0 Å². The number of anilines is 2. The number of aromatic nitrogens is 2. The van der Waals surface area contributed by atoms with E-state index in [1.54, 1.807) is 0 Å². The highest BCUT2D eigenvalue weighted by atomic mass is 35.5. The van der Waals surface area contributed by atoms with E-state index in [2.05, 4.69) is 15.3 Å². The van der Waals surface area contributed by atoms with Gasteiger partial charge < -0.3 is 15.5 Å². The van der Waals surface area contributed by atoms with Gasteiger partial charge in [0.05, 0.1) is 10.5 Å². The lowest BCUT2D eigenvalue weighted by atomic mass is 10.2. The van der Waals surface area contributed by atoms with Gasteiger partial charge in [-0.05, 0) is 24.3 Å². The minimum absolute atomic E-state index is 0.0150. The average Bonchev–Trinajstić information content (AvgIpc) is 2.45. The molecule has 0 spiro atoms. The second-order valence-electron chi connectivity index (χ2n) is 4.33. The third kappa shape index (κ3) is 2.53. The molecule has 0 atom stereocenters. The van der Waals surface area contributed by atoms with Gasteiger partial charge in [-0.1, -0.05) is 11.6 Å². The Morgan fingerprint density at radius 2 is 1.81 bits per heavy atom. The van der Waals surface area contributed by atoms with Gasteiger partial charge in [0.1, 0.15) is 18.0 Å². The van der Waals surface area contributed by atoms with Crippen molar-refractivity contribution in [1.29, 1.82) is 0 Å². The van der Waals surface area contributed by atoms with Crippen molar-refractivity contribution in [3.8, 4) is 11.5 Å². The van der Waals surface area contributed by atoms with Crippen LogP contribution < -0.4 is 5.32 Å². The molecule has 0 aliphatic heterocycles. The van der Waals surface area contributed by atoms with Crippen LogP contribution in [0.15, 0.2) is 36.7 Å². The zero-order valence-corrected chi connectivity index (χ0v) is 11.3. The molecule has 106 valence electrons. The van der Waals surface area contributed by atoms with Crippen molar-refractivity contribution < 1.29 is 14.6 Å². The summed E-state index contributed by atoms with van der Waals surface area (Å²) >= 11 is 5.72. The number of phenols is 2. The Kier molecular flexibility index (Phi) is 3.23. The molecular weight excluding hydrogens is 297 g/mol. The SMILES string of the molecule is Oc1cc2ncnc(Nc3ccc(F)c(Cl)c3)c2cc1O. The molecule has 3 rings (SSSR count). The fourth-order valence-corrected chi connectivity index (χ4v) is 2.07. The number of benzene rings is 2. The third-order valence-electron chi connectivity index (χ3n) is 2.91. The molecule has 0 aliphatic rings. The van der Waals surface area contributed by atoms with E-state index in [-0.39, 0.29) is 16.5 Å². The van der Waals surface area contributed by atoms with Crippen LogP contribution in [0, 0.1) is 5.82 Å². The molecule has 1 aromatic heterocycles. The number of phenolic OH excluding ortho intramolecular Hbond substituents is 2. The number of fused-ring (bicyclic) bond motifs is 1. The van der Waals surface area contributed by atoms with Crippen molar-refractivity contribution in [2.75, 3.05) is 5.32 Å². The minimum Gasteiger partial charge on any atom is -0.504 e. The highest BCUT2D eigenvalue weighted by Crippen LogP contribution is 2.33. The molecule has 0 aliphatic carbocycles. The number of nitrogens with one attached hydrogen (secondary N) is 1. The largest absolute Gasteiger partial charge is 0.504 e. The maximum Gasteiger partial charge on any atom is 0.159 e. The summed E-state index contributed by atoms with van der Waals surface area (Å²) in [5.74, 6) is -0.662. The summed E-state index contributed by atoms with van der Waals surface area (Å²) in [6, 6.07) is 6.84. The first kappa shape index (κ1) is 13.4. The maximum atomic E-state index is 13.1. The molecule has 7 heteroatoms. The van der Waals surface area contributed by atoms with Crippen LogP contribution in [0.4, 0.5) is 15.9 Å². The van der Waals surface area contributed by atoms with Crippen LogP contribution in [0.5, 0.6) is 11.5 Å². The molecule has 3 aromatic rings. The second kappa shape index (κ2) is 5.06. The number of halogens is 2. The molecule has 0 radical (unpaired) electrons. The van der Waals surface area contributed by atoms with Gasteiger partial charge in [0.2, 0.25) is 0 Å². The Morgan fingerprint density at radius 3 is 2.57 bits per heavy atom. The number of nitrogens with zero attached hydrogens (tertiary/aromatic N) is 2. The predicted octanol–water partition coefficient (Wildman–Crippen LogP) is 3.58. The summed E-state index contributed by atoms with van der Waals surface area (Å²) < 4.78 is 13.1. The molecule has 2 aromatic carbocycles. The molecule has 0 unspecified atom stereocenters. The van der Waals surface area contributed by atoms with Crippen LogP contribution in [0.2, 0.25) is 5.02 Å². The number of aromatic hydroxyl groups is 2. The van der Waals surface area contributed by atoms with Gasteiger partial charge in [0.15, 0.2) is 11.5 Å².